The Kier molecular flexibility index (Phi) is 6.71. The van der Waals surface area contributed by atoms with Crippen molar-refractivity contribution in [3.05, 3.63) is 46.2 Å². The summed E-state index contributed by atoms with van der Waals surface area (Å²) in [5.41, 5.74) is 2.93. The van der Waals surface area contributed by atoms with Crippen molar-refractivity contribution in [3.63, 3.8) is 0 Å². The van der Waals surface area contributed by atoms with E-state index < -0.39 is 5.60 Å². The van der Waals surface area contributed by atoms with Crippen molar-refractivity contribution in [3.8, 4) is 5.69 Å². The third-order valence-corrected chi connectivity index (χ3v) is 6.54. The number of amides is 2. The van der Waals surface area contributed by atoms with Gasteiger partial charge in [0.05, 0.1) is 23.1 Å². The Morgan fingerprint density at radius 2 is 2.00 bits per heavy atom. The van der Waals surface area contributed by atoms with Crippen LogP contribution in [0.1, 0.15) is 74.0 Å². The molecule has 1 saturated carbocycles. The van der Waals surface area contributed by atoms with E-state index >= 15 is 0 Å². The molecule has 1 aromatic carbocycles. The summed E-state index contributed by atoms with van der Waals surface area (Å²) in [4.78, 5) is 27.3. The van der Waals surface area contributed by atoms with Gasteiger partial charge in [-0.15, -0.1) is 0 Å². The van der Waals surface area contributed by atoms with E-state index in [1.807, 2.05) is 50.6 Å². The minimum absolute atomic E-state index is 0.115. The van der Waals surface area contributed by atoms with Crippen LogP contribution in [0.4, 0.5) is 4.79 Å². The zero-order valence-corrected chi connectivity index (χ0v) is 20.6. The maximum Gasteiger partial charge on any atom is 0.410 e. The van der Waals surface area contributed by atoms with Crippen LogP contribution >= 0.6 is 11.6 Å². The Labute approximate surface area is 200 Å². The SMILES string of the molecule is Cc1ccc(-n2ncc(C(=O)NCC3CCCN(C(=O)OC(C)(C)C)C3)c2C2CC2)cc1Cl. The molecule has 0 spiro atoms. The fraction of sp³-hybridized carbons (Fsp3) is 0.560. The molecular formula is C25H33ClN4O3. The van der Waals surface area contributed by atoms with Gasteiger partial charge in [0.1, 0.15) is 5.60 Å². The fourth-order valence-corrected chi connectivity index (χ4v) is 4.43. The fourth-order valence-electron chi connectivity index (χ4n) is 4.26. The molecule has 33 heavy (non-hydrogen) atoms. The van der Waals surface area contributed by atoms with Gasteiger partial charge in [0.25, 0.3) is 5.91 Å². The van der Waals surface area contributed by atoms with E-state index in [-0.39, 0.29) is 17.9 Å². The summed E-state index contributed by atoms with van der Waals surface area (Å²) in [6, 6.07) is 5.84. The highest BCUT2D eigenvalue weighted by Gasteiger charge is 2.33. The van der Waals surface area contributed by atoms with Crippen molar-refractivity contribution in [2.45, 2.75) is 64.9 Å². The van der Waals surface area contributed by atoms with Gasteiger partial charge >= 0.3 is 6.09 Å². The lowest BCUT2D eigenvalue weighted by Gasteiger charge is -2.34. The van der Waals surface area contributed by atoms with Crippen molar-refractivity contribution >= 4 is 23.6 Å². The second kappa shape index (κ2) is 9.37. The largest absolute Gasteiger partial charge is 0.444 e. The van der Waals surface area contributed by atoms with Gasteiger partial charge in [0.15, 0.2) is 0 Å². The molecule has 2 amide bonds. The number of nitrogens with one attached hydrogen (secondary N) is 1. The molecule has 178 valence electrons. The maximum absolute atomic E-state index is 13.1. The molecular weight excluding hydrogens is 440 g/mol. The van der Waals surface area contributed by atoms with Gasteiger partial charge < -0.3 is 15.0 Å². The van der Waals surface area contributed by atoms with Crippen molar-refractivity contribution in [2.75, 3.05) is 19.6 Å². The molecule has 4 rings (SSSR count). The molecule has 1 unspecified atom stereocenters. The molecule has 1 aliphatic heterocycles. The second-order valence-corrected chi connectivity index (χ2v) is 10.6. The Bertz CT molecular complexity index is 1040. The highest BCUT2D eigenvalue weighted by molar-refractivity contribution is 6.31. The highest BCUT2D eigenvalue weighted by Crippen LogP contribution is 2.42. The number of benzene rings is 1. The van der Waals surface area contributed by atoms with Gasteiger partial charge in [-0.05, 0) is 77.0 Å². The summed E-state index contributed by atoms with van der Waals surface area (Å²) in [5.74, 6) is 0.423. The molecule has 2 aromatic rings. The van der Waals surface area contributed by atoms with Crippen molar-refractivity contribution in [1.29, 1.82) is 0 Å². The molecule has 0 radical (unpaired) electrons. The average molecular weight is 473 g/mol. The lowest BCUT2D eigenvalue weighted by molar-refractivity contribution is 0.0167. The molecule has 1 N–H and O–H groups in total. The number of rotatable bonds is 5. The average Bonchev–Trinajstić information content (AvgIpc) is 3.50. The number of carbonyl (C=O) groups is 2. The van der Waals surface area contributed by atoms with Crippen LogP contribution in [0.15, 0.2) is 24.4 Å². The smallest absolute Gasteiger partial charge is 0.410 e. The number of hydrogen-bond acceptors (Lipinski definition) is 4. The van der Waals surface area contributed by atoms with Gasteiger partial charge in [0.2, 0.25) is 0 Å². The number of ether oxygens (including phenoxy) is 1. The van der Waals surface area contributed by atoms with Crippen LogP contribution in [0.2, 0.25) is 5.02 Å². The normalized spacial score (nSPS) is 18.8. The van der Waals surface area contributed by atoms with Crippen molar-refractivity contribution in [1.82, 2.24) is 20.0 Å². The first-order valence-electron chi connectivity index (χ1n) is 11.7. The third kappa shape index (κ3) is 5.69. The summed E-state index contributed by atoms with van der Waals surface area (Å²) < 4.78 is 7.36. The van der Waals surface area contributed by atoms with Gasteiger partial charge in [0, 0.05) is 30.6 Å². The number of nitrogens with zero attached hydrogens (tertiary/aromatic N) is 3. The van der Waals surface area contributed by atoms with Crippen molar-refractivity contribution in [2.24, 2.45) is 5.92 Å². The monoisotopic (exact) mass is 472 g/mol. The van der Waals surface area contributed by atoms with Gasteiger partial charge in [-0.2, -0.15) is 5.10 Å². The topological polar surface area (TPSA) is 76.5 Å². The first kappa shape index (κ1) is 23.6. The Balaban J connectivity index is 1.42. The first-order chi connectivity index (χ1) is 15.6. The lowest BCUT2D eigenvalue weighted by atomic mass is 9.98. The van der Waals surface area contributed by atoms with Crippen LogP contribution in [0.5, 0.6) is 0 Å². The standard InChI is InChI=1S/C25H33ClN4O3/c1-16-7-10-19(12-21(16)26)30-22(18-8-9-18)20(14-28-30)23(31)27-13-17-6-5-11-29(15-17)24(32)33-25(2,3)4/h7,10,12,14,17-18H,5-6,8-9,11,13,15H2,1-4H3,(H,27,31). The highest BCUT2D eigenvalue weighted by atomic mass is 35.5. The molecule has 7 nitrogen and oxygen atoms in total. The van der Waals surface area contributed by atoms with Gasteiger partial charge in [-0.3, -0.25) is 4.79 Å². The van der Waals surface area contributed by atoms with Crippen LogP contribution in [0.25, 0.3) is 5.69 Å². The number of piperidine rings is 1. The van der Waals surface area contributed by atoms with Gasteiger partial charge in [-0.25, -0.2) is 9.48 Å². The molecule has 1 atom stereocenters. The number of hydrogen-bond donors (Lipinski definition) is 1. The molecule has 2 fully saturated rings. The Morgan fingerprint density at radius 1 is 1.24 bits per heavy atom. The Hall–Kier alpha value is -2.54. The zero-order chi connectivity index (χ0) is 23.8. The molecule has 8 heteroatoms. The van der Waals surface area contributed by atoms with Gasteiger partial charge in [-0.1, -0.05) is 17.7 Å². The second-order valence-electron chi connectivity index (χ2n) is 10.2. The van der Waals surface area contributed by atoms with Crippen LogP contribution in [-0.4, -0.2) is 51.9 Å². The van der Waals surface area contributed by atoms with Crippen LogP contribution in [0, 0.1) is 12.8 Å². The predicted molar refractivity (Wildman–Crippen MR) is 128 cm³/mol. The quantitative estimate of drug-likeness (QED) is 0.657. The lowest BCUT2D eigenvalue weighted by Crippen LogP contribution is -2.45. The number of aromatic nitrogens is 2. The minimum atomic E-state index is -0.515. The van der Waals surface area contributed by atoms with E-state index in [2.05, 4.69) is 10.4 Å². The molecule has 2 aliphatic rings. The summed E-state index contributed by atoms with van der Waals surface area (Å²) in [6.45, 7) is 9.37. The molecule has 1 aliphatic carbocycles. The summed E-state index contributed by atoms with van der Waals surface area (Å²) in [7, 11) is 0. The molecule has 2 heterocycles. The van der Waals surface area contributed by atoms with E-state index in [0.29, 0.717) is 36.1 Å². The number of carbonyl (C=O) groups excluding carboxylic acids is 2. The maximum atomic E-state index is 13.1. The van der Waals surface area contributed by atoms with E-state index in [1.165, 1.54) is 0 Å². The molecule has 1 aromatic heterocycles. The number of halogens is 1. The van der Waals surface area contributed by atoms with Crippen LogP contribution in [-0.2, 0) is 4.74 Å². The summed E-state index contributed by atoms with van der Waals surface area (Å²) in [6.07, 6.45) is 5.35. The third-order valence-electron chi connectivity index (χ3n) is 6.14. The summed E-state index contributed by atoms with van der Waals surface area (Å²) >= 11 is 6.33. The van der Waals surface area contributed by atoms with Crippen LogP contribution in [0.3, 0.4) is 0 Å². The van der Waals surface area contributed by atoms with Crippen molar-refractivity contribution < 1.29 is 14.3 Å². The number of aryl methyl sites for hydroxylation is 1. The van der Waals surface area contributed by atoms with E-state index in [1.54, 1.807) is 11.1 Å². The van der Waals surface area contributed by atoms with Crippen LogP contribution < -0.4 is 5.32 Å². The van der Waals surface area contributed by atoms with E-state index in [0.717, 1.165) is 42.6 Å². The van der Waals surface area contributed by atoms with E-state index in [4.69, 9.17) is 16.3 Å². The number of likely N-dealkylation sites (tertiary alicyclic amines) is 1. The zero-order valence-electron chi connectivity index (χ0n) is 19.9. The predicted octanol–water partition coefficient (Wildman–Crippen LogP) is 5.09. The summed E-state index contributed by atoms with van der Waals surface area (Å²) in [5, 5.41) is 8.30. The minimum Gasteiger partial charge on any atom is -0.444 e. The molecule has 1 saturated heterocycles. The van der Waals surface area contributed by atoms with E-state index in [9.17, 15) is 9.59 Å². The first-order valence-corrected chi connectivity index (χ1v) is 12.1. The molecule has 0 bridgehead atoms. The Morgan fingerprint density at radius 3 is 2.67 bits per heavy atom.